The minimum absolute atomic E-state index is 0.0683. The van der Waals surface area contributed by atoms with Crippen molar-refractivity contribution in [3.05, 3.63) is 58.3 Å². The summed E-state index contributed by atoms with van der Waals surface area (Å²) in [5.74, 6) is 0.804. The zero-order chi connectivity index (χ0) is 13.0. The normalized spacial score (nSPS) is 12.2. The van der Waals surface area contributed by atoms with Gasteiger partial charge in [-0.1, -0.05) is 22.0 Å². The molecule has 0 spiro atoms. The third-order valence-electron chi connectivity index (χ3n) is 2.56. The molecule has 4 heteroatoms. The lowest BCUT2D eigenvalue weighted by Gasteiger charge is -2.14. The first-order valence-corrected chi connectivity index (χ1v) is 6.54. The molecule has 0 bridgehead atoms. The van der Waals surface area contributed by atoms with Gasteiger partial charge in [0.2, 0.25) is 0 Å². The van der Waals surface area contributed by atoms with E-state index in [1.165, 1.54) is 0 Å². The molecule has 2 aromatic rings. The second-order valence-corrected chi connectivity index (χ2v) is 5.00. The number of nitrogens with two attached hydrogens (primary N) is 1. The number of nitrogens with zero attached hydrogens (tertiary/aromatic N) is 1. The summed E-state index contributed by atoms with van der Waals surface area (Å²) in [6, 6.07) is 11.5. The first kappa shape index (κ1) is 13.1. The highest BCUT2D eigenvalue weighted by Crippen LogP contribution is 2.27. The molecule has 1 heterocycles. The fraction of sp³-hybridized carbons (Fsp3) is 0.214. The summed E-state index contributed by atoms with van der Waals surface area (Å²) in [6.45, 7) is 2.39. The van der Waals surface area contributed by atoms with Gasteiger partial charge in [0, 0.05) is 22.3 Å². The molecular weight excluding hydrogens is 292 g/mol. The molecule has 1 aromatic carbocycles. The molecule has 1 aromatic heterocycles. The molecule has 0 saturated carbocycles. The summed E-state index contributed by atoms with van der Waals surface area (Å²) < 4.78 is 6.78. The Morgan fingerprint density at radius 3 is 2.83 bits per heavy atom. The molecule has 0 aliphatic carbocycles. The van der Waals surface area contributed by atoms with E-state index in [1.54, 1.807) is 6.20 Å². The van der Waals surface area contributed by atoms with Gasteiger partial charge in [0.1, 0.15) is 12.4 Å². The average molecular weight is 307 g/mol. The lowest BCUT2D eigenvalue weighted by Crippen LogP contribution is -2.08. The first-order chi connectivity index (χ1) is 8.66. The molecule has 0 aliphatic rings. The molecule has 3 nitrogen and oxygen atoms in total. The lowest BCUT2D eigenvalue weighted by molar-refractivity contribution is 0.296. The Bertz CT molecular complexity index is 514. The standard InChI is InChI=1S/C14H15BrN2O/c1-10(16)13-8-11(15)5-6-14(13)18-9-12-4-2-3-7-17-12/h2-8,10H,9,16H2,1H3/t10-/m0/s1. The van der Waals surface area contributed by atoms with Crippen molar-refractivity contribution in [2.45, 2.75) is 19.6 Å². The largest absolute Gasteiger partial charge is 0.487 e. The number of hydrogen-bond acceptors (Lipinski definition) is 3. The van der Waals surface area contributed by atoms with Crippen LogP contribution in [0.25, 0.3) is 0 Å². The number of ether oxygens (including phenoxy) is 1. The fourth-order valence-electron chi connectivity index (χ4n) is 1.64. The van der Waals surface area contributed by atoms with E-state index in [9.17, 15) is 0 Å². The maximum Gasteiger partial charge on any atom is 0.130 e. The Hall–Kier alpha value is -1.39. The second-order valence-electron chi connectivity index (χ2n) is 4.08. The van der Waals surface area contributed by atoms with E-state index < -0.39 is 0 Å². The predicted molar refractivity (Wildman–Crippen MR) is 75.3 cm³/mol. The molecule has 18 heavy (non-hydrogen) atoms. The van der Waals surface area contributed by atoms with Crippen LogP contribution in [0.4, 0.5) is 0 Å². The van der Waals surface area contributed by atoms with Gasteiger partial charge >= 0.3 is 0 Å². The van der Waals surface area contributed by atoms with Gasteiger partial charge in [-0.25, -0.2) is 0 Å². The molecule has 0 fully saturated rings. The van der Waals surface area contributed by atoms with Crippen LogP contribution in [0.3, 0.4) is 0 Å². The molecule has 0 unspecified atom stereocenters. The number of rotatable bonds is 4. The number of benzene rings is 1. The lowest BCUT2D eigenvalue weighted by atomic mass is 10.1. The summed E-state index contributed by atoms with van der Waals surface area (Å²) in [6.07, 6.45) is 1.76. The maximum atomic E-state index is 5.94. The van der Waals surface area contributed by atoms with Gasteiger partial charge in [0.15, 0.2) is 0 Å². The van der Waals surface area contributed by atoms with Gasteiger partial charge in [-0.3, -0.25) is 4.98 Å². The summed E-state index contributed by atoms with van der Waals surface area (Å²) >= 11 is 3.44. The van der Waals surface area contributed by atoms with E-state index in [0.717, 1.165) is 21.5 Å². The van der Waals surface area contributed by atoms with Crippen LogP contribution >= 0.6 is 15.9 Å². The van der Waals surface area contributed by atoms with Gasteiger partial charge in [-0.15, -0.1) is 0 Å². The molecule has 0 saturated heterocycles. The molecule has 0 aliphatic heterocycles. The van der Waals surface area contributed by atoms with Crippen molar-refractivity contribution in [1.82, 2.24) is 4.98 Å². The summed E-state index contributed by atoms with van der Waals surface area (Å²) in [4.78, 5) is 4.22. The predicted octanol–water partition coefficient (Wildman–Crippen LogP) is 3.44. The first-order valence-electron chi connectivity index (χ1n) is 5.74. The van der Waals surface area contributed by atoms with E-state index in [-0.39, 0.29) is 6.04 Å². The van der Waals surface area contributed by atoms with Gasteiger partial charge in [-0.05, 0) is 37.3 Å². The van der Waals surface area contributed by atoms with Gasteiger partial charge in [-0.2, -0.15) is 0 Å². The van der Waals surface area contributed by atoms with E-state index in [0.29, 0.717) is 6.61 Å². The number of hydrogen-bond donors (Lipinski definition) is 1. The van der Waals surface area contributed by atoms with Crippen LogP contribution in [-0.2, 0) is 6.61 Å². The van der Waals surface area contributed by atoms with Gasteiger partial charge in [0.05, 0.1) is 5.69 Å². The zero-order valence-corrected chi connectivity index (χ0v) is 11.7. The van der Waals surface area contributed by atoms with E-state index in [1.807, 2.05) is 43.3 Å². The highest BCUT2D eigenvalue weighted by molar-refractivity contribution is 9.10. The summed E-state index contributed by atoms with van der Waals surface area (Å²) in [5.41, 5.74) is 7.82. The topological polar surface area (TPSA) is 48.1 Å². The van der Waals surface area contributed by atoms with Crippen LogP contribution < -0.4 is 10.5 Å². The third-order valence-corrected chi connectivity index (χ3v) is 3.06. The Balaban J connectivity index is 2.14. The fourth-order valence-corrected chi connectivity index (χ4v) is 2.02. The van der Waals surface area contributed by atoms with Crippen molar-refractivity contribution >= 4 is 15.9 Å². The summed E-state index contributed by atoms with van der Waals surface area (Å²) in [5, 5.41) is 0. The van der Waals surface area contributed by atoms with Crippen LogP contribution in [-0.4, -0.2) is 4.98 Å². The van der Waals surface area contributed by atoms with Crippen LogP contribution in [0.2, 0.25) is 0 Å². The highest BCUT2D eigenvalue weighted by Gasteiger charge is 2.09. The molecule has 0 amide bonds. The van der Waals surface area contributed by atoms with Crippen molar-refractivity contribution in [3.8, 4) is 5.75 Å². The van der Waals surface area contributed by atoms with Crippen molar-refractivity contribution in [3.63, 3.8) is 0 Å². The molecule has 0 radical (unpaired) electrons. The SMILES string of the molecule is C[C@H](N)c1cc(Br)ccc1OCc1ccccn1. The van der Waals surface area contributed by atoms with Crippen molar-refractivity contribution in [1.29, 1.82) is 0 Å². The minimum atomic E-state index is -0.0683. The Kier molecular flexibility index (Phi) is 4.33. The quantitative estimate of drug-likeness (QED) is 0.941. The summed E-state index contributed by atoms with van der Waals surface area (Å²) in [7, 11) is 0. The average Bonchev–Trinajstić information content (AvgIpc) is 2.38. The van der Waals surface area contributed by atoms with E-state index in [2.05, 4.69) is 20.9 Å². The van der Waals surface area contributed by atoms with Crippen LogP contribution in [0.5, 0.6) is 5.75 Å². The van der Waals surface area contributed by atoms with Crippen LogP contribution in [0.15, 0.2) is 47.1 Å². The van der Waals surface area contributed by atoms with Crippen LogP contribution in [0, 0.1) is 0 Å². The molecule has 94 valence electrons. The van der Waals surface area contributed by atoms with Crippen molar-refractivity contribution in [2.75, 3.05) is 0 Å². The minimum Gasteiger partial charge on any atom is -0.487 e. The molecule has 2 rings (SSSR count). The van der Waals surface area contributed by atoms with Gasteiger partial charge in [0.25, 0.3) is 0 Å². The van der Waals surface area contributed by atoms with Gasteiger partial charge < -0.3 is 10.5 Å². The van der Waals surface area contributed by atoms with E-state index in [4.69, 9.17) is 10.5 Å². The Morgan fingerprint density at radius 1 is 1.33 bits per heavy atom. The number of halogens is 1. The number of pyridine rings is 1. The third kappa shape index (κ3) is 3.31. The Labute approximate surface area is 115 Å². The molecule has 1 atom stereocenters. The maximum absolute atomic E-state index is 5.94. The zero-order valence-electron chi connectivity index (χ0n) is 10.1. The Morgan fingerprint density at radius 2 is 2.17 bits per heavy atom. The highest BCUT2D eigenvalue weighted by atomic mass is 79.9. The molecular formula is C14H15BrN2O. The van der Waals surface area contributed by atoms with E-state index >= 15 is 0 Å². The number of aromatic nitrogens is 1. The van der Waals surface area contributed by atoms with Crippen LogP contribution in [0.1, 0.15) is 24.2 Å². The van der Waals surface area contributed by atoms with Crippen molar-refractivity contribution < 1.29 is 4.74 Å². The second kappa shape index (κ2) is 5.98. The molecule has 2 N–H and O–H groups in total. The van der Waals surface area contributed by atoms with Crippen molar-refractivity contribution in [2.24, 2.45) is 5.73 Å². The monoisotopic (exact) mass is 306 g/mol. The smallest absolute Gasteiger partial charge is 0.130 e.